The van der Waals surface area contributed by atoms with Crippen LogP contribution in [-0.4, -0.2) is 18.0 Å². The van der Waals surface area contributed by atoms with Gasteiger partial charge >= 0.3 is 6.18 Å². The molecule has 3 aromatic rings. The van der Waals surface area contributed by atoms with Gasteiger partial charge in [-0.3, -0.25) is 0 Å². The summed E-state index contributed by atoms with van der Waals surface area (Å²) in [6.45, 7) is -0.0934. The average Bonchev–Trinajstić information content (AvgIpc) is 3.19. The first kappa shape index (κ1) is 18.5. The number of ether oxygens (including phenoxy) is 1. The van der Waals surface area contributed by atoms with Crippen molar-refractivity contribution in [3.05, 3.63) is 83.2 Å². The molecule has 0 bridgehead atoms. The zero-order valence-electron chi connectivity index (χ0n) is 14.2. The van der Waals surface area contributed by atoms with Gasteiger partial charge < -0.3 is 14.1 Å². The zero-order chi connectivity index (χ0) is 19.3. The van der Waals surface area contributed by atoms with E-state index in [1.54, 1.807) is 30.3 Å². The summed E-state index contributed by atoms with van der Waals surface area (Å²) in [6.07, 6.45) is -3.11. The molecule has 0 saturated heterocycles. The van der Waals surface area contributed by atoms with Crippen LogP contribution in [0.25, 0.3) is 0 Å². The van der Waals surface area contributed by atoms with Crippen LogP contribution >= 0.6 is 0 Å². The van der Waals surface area contributed by atoms with E-state index in [0.717, 1.165) is 6.07 Å². The molecule has 27 heavy (non-hydrogen) atoms. The smallest absolute Gasteiger partial charge is 0.419 e. The van der Waals surface area contributed by atoms with Gasteiger partial charge in [-0.2, -0.15) is 13.2 Å². The molecule has 0 unspecified atom stereocenters. The zero-order valence-corrected chi connectivity index (χ0v) is 14.2. The van der Waals surface area contributed by atoms with Crippen LogP contribution < -0.4 is 4.74 Å². The summed E-state index contributed by atoms with van der Waals surface area (Å²) >= 11 is 0. The largest absolute Gasteiger partial charge is 0.488 e. The van der Waals surface area contributed by atoms with Gasteiger partial charge in [0.25, 0.3) is 0 Å². The van der Waals surface area contributed by atoms with Crippen molar-refractivity contribution in [2.45, 2.75) is 12.8 Å². The summed E-state index contributed by atoms with van der Waals surface area (Å²) in [4.78, 5) is 4.88. The van der Waals surface area contributed by atoms with Crippen molar-refractivity contribution >= 4 is 5.71 Å². The molecule has 0 saturated carbocycles. The third kappa shape index (κ3) is 4.28. The number of rotatable bonds is 6. The first-order chi connectivity index (χ1) is 13.0. The normalized spacial score (nSPS) is 12.1. The lowest BCUT2D eigenvalue weighted by Crippen LogP contribution is -2.12. The van der Waals surface area contributed by atoms with E-state index in [4.69, 9.17) is 14.1 Å². The van der Waals surface area contributed by atoms with Crippen LogP contribution in [0.3, 0.4) is 0 Å². The van der Waals surface area contributed by atoms with Crippen LogP contribution in [0.5, 0.6) is 5.75 Å². The quantitative estimate of drug-likeness (QED) is 0.463. The number of halogens is 3. The lowest BCUT2D eigenvalue weighted by Gasteiger charge is -2.15. The van der Waals surface area contributed by atoms with Gasteiger partial charge in [0.15, 0.2) is 0 Å². The van der Waals surface area contributed by atoms with E-state index in [0.29, 0.717) is 22.5 Å². The van der Waals surface area contributed by atoms with E-state index in [1.807, 2.05) is 0 Å². The van der Waals surface area contributed by atoms with Crippen molar-refractivity contribution in [3.8, 4) is 5.75 Å². The van der Waals surface area contributed by atoms with Crippen molar-refractivity contribution in [2.75, 3.05) is 7.11 Å². The molecule has 3 rings (SSSR count). The Bertz CT molecular complexity index is 922. The Morgan fingerprint density at radius 1 is 1.07 bits per heavy atom. The maximum absolute atomic E-state index is 13.1. The molecule has 1 aromatic heterocycles. The Hall–Kier alpha value is -3.29. The topological polar surface area (TPSA) is 56.9 Å². The Kier molecular flexibility index (Phi) is 5.44. The summed E-state index contributed by atoms with van der Waals surface area (Å²) in [5, 5.41) is 7.81. The minimum atomic E-state index is -4.50. The molecule has 0 radical (unpaired) electrons. The van der Waals surface area contributed by atoms with Gasteiger partial charge in [0.2, 0.25) is 0 Å². The molecule has 0 atom stereocenters. The van der Waals surface area contributed by atoms with E-state index in [-0.39, 0.29) is 12.4 Å². The van der Waals surface area contributed by atoms with Crippen LogP contribution in [0.4, 0.5) is 13.2 Å². The maximum Gasteiger partial charge on any atom is 0.419 e. The molecule has 1 heterocycles. The number of aromatic nitrogens is 1. The predicted octanol–water partition coefficient (Wildman–Crippen LogP) is 4.67. The highest BCUT2D eigenvalue weighted by Crippen LogP contribution is 2.36. The number of hydrogen-bond acceptors (Lipinski definition) is 5. The lowest BCUT2D eigenvalue weighted by molar-refractivity contribution is -0.139. The van der Waals surface area contributed by atoms with Gasteiger partial charge in [0, 0.05) is 11.6 Å². The highest BCUT2D eigenvalue weighted by Gasteiger charge is 2.34. The summed E-state index contributed by atoms with van der Waals surface area (Å²) in [5.41, 5.74) is 1.21. The number of hydrogen-bond donors (Lipinski definition) is 0. The van der Waals surface area contributed by atoms with E-state index < -0.39 is 11.7 Å². The molecule has 0 aliphatic carbocycles. The van der Waals surface area contributed by atoms with E-state index >= 15 is 0 Å². The van der Waals surface area contributed by atoms with Crippen molar-refractivity contribution in [1.82, 2.24) is 5.16 Å². The number of oxime groups is 1. The standard InChI is InChI=1S/C19H15F3N2O3/c1-25-24-18(16-10-11-27-23-16)14-7-3-2-6-13(14)12-26-17-9-5-4-8-15(17)19(20,21)22/h2-11H,12H2,1H3/b24-18-. The maximum atomic E-state index is 13.1. The fraction of sp³-hybridized carbons (Fsp3) is 0.158. The van der Waals surface area contributed by atoms with E-state index in [1.165, 1.54) is 31.6 Å². The molecule has 0 spiro atoms. The summed E-state index contributed by atoms with van der Waals surface area (Å²) in [5.74, 6) is -0.244. The van der Waals surface area contributed by atoms with Gasteiger partial charge in [0.1, 0.15) is 37.1 Å². The minimum Gasteiger partial charge on any atom is -0.488 e. The monoisotopic (exact) mass is 376 g/mol. The van der Waals surface area contributed by atoms with Gasteiger partial charge in [-0.1, -0.05) is 46.7 Å². The molecule has 0 amide bonds. The fourth-order valence-electron chi connectivity index (χ4n) is 2.52. The highest BCUT2D eigenvalue weighted by molar-refractivity contribution is 6.12. The van der Waals surface area contributed by atoms with Crippen molar-refractivity contribution in [1.29, 1.82) is 0 Å². The lowest BCUT2D eigenvalue weighted by atomic mass is 10.0. The summed E-state index contributed by atoms with van der Waals surface area (Å²) < 4.78 is 49.7. The summed E-state index contributed by atoms with van der Waals surface area (Å²) in [6, 6.07) is 13.7. The highest BCUT2D eigenvalue weighted by atomic mass is 19.4. The summed E-state index contributed by atoms with van der Waals surface area (Å²) in [7, 11) is 1.39. The van der Waals surface area contributed by atoms with Crippen LogP contribution in [0, 0.1) is 0 Å². The molecule has 0 N–H and O–H groups in total. The van der Waals surface area contributed by atoms with Crippen LogP contribution in [0.15, 0.2) is 70.5 Å². The number of nitrogens with zero attached hydrogens (tertiary/aromatic N) is 2. The molecular weight excluding hydrogens is 361 g/mol. The second kappa shape index (κ2) is 7.94. The van der Waals surface area contributed by atoms with Crippen LogP contribution in [0.2, 0.25) is 0 Å². The second-order valence-electron chi connectivity index (χ2n) is 5.45. The first-order valence-electron chi connectivity index (χ1n) is 7.90. The number of para-hydroxylation sites is 1. The third-order valence-electron chi connectivity index (χ3n) is 3.71. The van der Waals surface area contributed by atoms with Crippen molar-refractivity contribution < 1.29 is 27.3 Å². The molecule has 0 aliphatic rings. The molecule has 0 aliphatic heterocycles. The fourth-order valence-corrected chi connectivity index (χ4v) is 2.52. The molecule has 2 aromatic carbocycles. The Morgan fingerprint density at radius 2 is 1.81 bits per heavy atom. The molecule has 8 heteroatoms. The molecular formula is C19H15F3N2O3. The van der Waals surface area contributed by atoms with Gasteiger partial charge in [-0.05, 0) is 17.7 Å². The van der Waals surface area contributed by atoms with Gasteiger partial charge in [-0.25, -0.2) is 0 Å². The molecule has 5 nitrogen and oxygen atoms in total. The van der Waals surface area contributed by atoms with E-state index in [2.05, 4.69) is 10.3 Å². The Morgan fingerprint density at radius 3 is 2.52 bits per heavy atom. The Labute approximate surface area is 153 Å². The van der Waals surface area contributed by atoms with Crippen LogP contribution in [-0.2, 0) is 17.6 Å². The van der Waals surface area contributed by atoms with Gasteiger partial charge in [0.05, 0.1) is 5.56 Å². The average molecular weight is 376 g/mol. The number of alkyl halides is 3. The predicted molar refractivity (Wildman–Crippen MR) is 91.4 cm³/mol. The minimum absolute atomic E-state index is 0.0934. The third-order valence-corrected chi connectivity index (χ3v) is 3.71. The molecule has 0 fully saturated rings. The SMILES string of the molecule is CO/N=C(\c1ccon1)c1ccccc1COc1ccccc1C(F)(F)F. The Balaban J connectivity index is 1.91. The van der Waals surface area contributed by atoms with Gasteiger partial charge in [-0.15, -0.1) is 0 Å². The molecule has 140 valence electrons. The number of benzene rings is 2. The van der Waals surface area contributed by atoms with Crippen molar-refractivity contribution in [3.63, 3.8) is 0 Å². The van der Waals surface area contributed by atoms with Crippen LogP contribution in [0.1, 0.15) is 22.4 Å². The first-order valence-corrected chi connectivity index (χ1v) is 7.90. The second-order valence-corrected chi connectivity index (χ2v) is 5.45. The van der Waals surface area contributed by atoms with E-state index in [9.17, 15) is 13.2 Å². The van der Waals surface area contributed by atoms with Crippen molar-refractivity contribution in [2.24, 2.45) is 5.16 Å².